The van der Waals surface area contributed by atoms with Gasteiger partial charge in [0.2, 0.25) is 17.7 Å². The highest BCUT2D eigenvalue weighted by molar-refractivity contribution is 7.99. The van der Waals surface area contributed by atoms with Gasteiger partial charge in [0, 0.05) is 40.9 Å². The number of rotatable bonds is 21. The highest BCUT2D eigenvalue weighted by atomic mass is 32.2. The molecule has 0 bridgehead atoms. The number of aryl methyl sites for hydroxylation is 1. The molecule has 4 aromatic rings. The minimum Gasteiger partial charge on any atom is -0.479 e. The van der Waals surface area contributed by atoms with Gasteiger partial charge in [-0.15, -0.1) is 0 Å². The van der Waals surface area contributed by atoms with Crippen LogP contribution in [0.5, 0.6) is 0 Å². The average Bonchev–Trinajstić information content (AvgIpc) is 3.15. The number of carboxylic acids is 1. The standard InChI is InChI=1S/C42H49N3O5S3/c1-40(29-51-26-33-18-10-5-11-19-33,43-36(46)25-24-32-16-8-4-9-17-32)37(47)44-41(2,30-52-27-34-20-12-6-13-21-34)38(48)45-42(3,39(49)50)31-53-28-35-22-14-7-15-23-35/h4-23H,24-31H2,1-3H3,(H,43,46)(H,44,47)(H,45,48)(H,49,50)/t40-,41-,42-/m0/s1. The number of carbonyl (C=O) groups excluding carboxylic acids is 3. The minimum absolute atomic E-state index is 0.107. The lowest BCUT2D eigenvalue weighted by molar-refractivity contribution is -0.147. The maximum absolute atomic E-state index is 14.4. The third-order valence-electron chi connectivity index (χ3n) is 8.66. The molecule has 0 spiro atoms. The van der Waals surface area contributed by atoms with Gasteiger partial charge in [-0.05, 0) is 49.4 Å². The normalized spacial score (nSPS) is 14.5. The van der Waals surface area contributed by atoms with Crippen LogP contribution in [0.3, 0.4) is 0 Å². The summed E-state index contributed by atoms with van der Waals surface area (Å²) < 4.78 is 0. The summed E-state index contributed by atoms with van der Waals surface area (Å²) in [6.45, 7) is 4.78. The Morgan fingerprint density at radius 1 is 0.491 bits per heavy atom. The summed E-state index contributed by atoms with van der Waals surface area (Å²) in [6.07, 6.45) is 0.687. The van der Waals surface area contributed by atoms with Crippen molar-refractivity contribution in [1.29, 1.82) is 0 Å². The fourth-order valence-corrected chi connectivity index (χ4v) is 8.78. The lowest BCUT2D eigenvalue weighted by Crippen LogP contribution is -2.69. The maximum Gasteiger partial charge on any atom is 0.329 e. The van der Waals surface area contributed by atoms with E-state index in [1.807, 2.05) is 121 Å². The van der Waals surface area contributed by atoms with Crippen molar-refractivity contribution in [2.45, 2.75) is 67.5 Å². The van der Waals surface area contributed by atoms with Crippen molar-refractivity contribution in [2.24, 2.45) is 0 Å². The molecule has 0 saturated heterocycles. The molecule has 0 aliphatic carbocycles. The molecule has 3 atom stereocenters. The molecule has 0 aliphatic rings. The monoisotopic (exact) mass is 771 g/mol. The fourth-order valence-electron chi connectivity index (χ4n) is 5.36. The molecule has 0 saturated carbocycles. The first-order chi connectivity index (χ1) is 25.4. The number of benzene rings is 4. The van der Waals surface area contributed by atoms with Gasteiger partial charge in [0.1, 0.15) is 16.6 Å². The zero-order chi connectivity index (χ0) is 38.2. The summed E-state index contributed by atoms with van der Waals surface area (Å²) in [7, 11) is 0. The molecule has 11 heteroatoms. The molecular weight excluding hydrogens is 723 g/mol. The molecule has 4 aromatic carbocycles. The van der Waals surface area contributed by atoms with Crippen molar-refractivity contribution >= 4 is 59.0 Å². The van der Waals surface area contributed by atoms with Gasteiger partial charge in [-0.3, -0.25) is 14.4 Å². The second-order valence-corrected chi connectivity index (χ2v) is 16.6. The van der Waals surface area contributed by atoms with Crippen LogP contribution < -0.4 is 16.0 Å². The first-order valence-electron chi connectivity index (χ1n) is 17.5. The number of carboxylic acid groups (broad SMARTS) is 1. The fraction of sp³-hybridized carbons (Fsp3) is 0.333. The van der Waals surface area contributed by atoms with E-state index in [2.05, 4.69) is 16.0 Å². The molecule has 3 amide bonds. The Balaban J connectivity index is 1.54. The summed E-state index contributed by atoms with van der Waals surface area (Å²) in [5, 5.41) is 19.1. The lowest BCUT2D eigenvalue weighted by Gasteiger charge is -2.38. The number of amides is 3. The van der Waals surface area contributed by atoms with Crippen molar-refractivity contribution in [1.82, 2.24) is 16.0 Å². The van der Waals surface area contributed by atoms with Crippen molar-refractivity contribution in [3.8, 4) is 0 Å². The molecule has 53 heavy (non-hydrogen) atoms. The summed E-state index contributed by atoms with van der Waals surface area (Å²) in [4.78, 5) is 54.8. The smallest absolute Gasteiger partial charge is 0.329 e. The van der Waals surface area contributed by atoms with Gasteiger partial charge >= 0.3 is 5.97 Å². The second kappa shape index (κ2) is 20.3. The first kappa shape index (κ1) is 41.6. The zero-order valence-corrected chi connectivity index (χ0v) is 33.0. The van der Waals surface area contributed by atoms with E-state index in [-0.39, 0.29) is 29.6 Å². The molecule has 0 radical (unpaired) electrons. The Morgan fingerprint density at radius 3 is 1.19 bits per heavy atom. The summed E-state index contributed by atoms with van der Waals surface area (Å²) in [6, 6.07) is 39.0. The predicted molar refractivity (Wildman–Crippen MR) is 220 cm³/mol. The van der Waals surface area contributed by atoms with Gasteiger partial charge in [0.05, 0.1) is 0 Å². The van der Waals surface area contributed by atoms with E-state index in [0.29, 0.717) is 23.7 Å². The van der Waals surface area contributed by atoms with Crippen LogP contribution in [0, 0.1) is 0 Å². The molecule has 0 aromatic heterocycles. The van der Waals surface area contributed by atoms with Gasteiger partial charge in [-0.1, -0.05) is 121 Å². The van der Waals surface area contributed by atoms with Crippen molar-refractivity contribution in [3.63, 3.8) is 0 Å². The highest BCUT2D eigenvalue weighted by Gasteiger charge is 2.45. The van der Waals surface area contributed by atoms with E-state index in [1.54, 1.807) is 13.8 Å². The van der Waals surface area contributed by atoms with Gasteiger partial charge in [0.15, 0.2) is 0 Å². The highest BCUT2D eigenvalue weighted by Crippen LogP contribution is 2.25. The van der Waals surface area contributed by atoms with Gasteiger partial charge in [-0.25, -0.2) is 4.79 Å². The van der Waals surface area contributed by atoms with E-state index in [0.717, 1.165) is 22.3 Å². The van der Waals surface area contributed by atoms with E-state index in [1.165, 1.54) is 42.2 Å². The van der Waals surface area contributed by atoms with E-state index < -0.39 is 34.4 Å². The average molecular weight is 772 g/mol. The number of aliphatic carboxylic acids is 1. The summed E-state index contributed by atoms with van der Waals surface area (Å²) >= 11 is 4.37. The van der Waals surface area contributed by atoms with Crippen molar-refractivity contribution < 1.29 is 24.3 Å². The molecule has 0 unspecified atom stereocenters. The van der Waals surface area contributed by atoms with Crippen molar-refractivity contribution in [3.05, 3.63) is 144 Å². The van der Waals surface area contributed by atoms with Gasteiger partial charge in [0.25, 0.3) is 0 Å². The Hall–Kier alpha value is -4.19. The molecular formula is C42H49N3O5S3. The number of thioether (sulfide) groups is 3. The van der Waals surface area contributed by atoms with E-state index in [9.17, 15) is 24.3 Å². The number of carbonyl (C=O) groups is 4. The molecule has 0 fully saturated rings. The van der Waals surface area contributed by atoms with E-state index in [4.69, 9.17) is 0 Å². The van der Waals surface area contributed by atoms with Crippen LogP contribution in [0.4, 0.5) is 0 Å². The van der Waals surface area contributed by atoms with Gasteiger partial charge < -0.3 is 21.1 Å². The topological polar surface area (TPSA) is 125 Å². The summed E-state index contributed by atoms with van der Waals surface area (Å²) in [5.74, 6) is -0.348. The molecule has 0 heterocycles. The second-order valence-electron chi connectivity index (χ2n) is 13.7. The molecule has 4 N–H and O–H groups in total. The van der Waals surface area contributed by atoms with Crippen LogP contribution in [-0.2, 0) is 42.9 Å². The number of nitrogens with one attached hydrogen (secondary N) is 3. The summed E-state index contributed by atoms with van der Waals surface area (Å²) in [5.41, 5.74) is -0.357. The largest absolute Gasteiger partial charge is 0.479 e. The van der Waals surface area contributed by atoms with Crippen LogP contribution in [-0.4, -0.2) is 62.7 Å². The van der Waals surface area contributed by atoms with Crippen LogP contribution >= 0.6 is 35.3 Å². The predicted octanol–water partition coefficient (Wildman–Crippen LogP) is 7.13. The zero-order valence-electron chi connectivity index (χ0n) is 30.5. The molecule has 280 valence electrons. The third kappa shape index (κ3) is 13.3. The van der Waals surface area contributed by atoms with Crippen molar-refractivity contribution in [2.75, 3.05) is 17.3 Å². The van der Waals surface area contributed by atoms with E-state index >= 15 is 0 Å². The number of hydrogen-bond acceptors (Lipinski definition) is 7. The molecule has 0 aliphatic heterocycles. The third-order valence-corrected chi connectivity index (χ3v) is 12.6. The Kier molecular flexibility index (Phi) is 15.9. The Bertz CT molecular complexity index is 1770. The maximum atomic E-state index is 14.4. The van der Waals surface area contributed by atoms with Crippen LogP contribution in [0.2, 0.25) is 0 Å². The number of hydrogen-bond donors (Lipinski definition) is 4. The SMILES string of the molecule is C[C@@](CSCc1ccccc1)(NC(=O)[C@](C)(CSCc1ccccc1)NC(=O)[C@](C)(CSCc1ccccc1)NC(=O)CCc1ccccc1)C(=O)O. The quantitative estimate of drug-likeness (QED) is 0.0706. The van der Waals surface area contributed by atoms with Crippen LogP contribution in [0.25, 0.3) is 0 Å². The van der Waals surface area contributed by atoms with Crippen LogP contribution in [0.1, 0.15) is 49.4 Å². The molecule has 4 rings (SSSR count). The lowest BCUT2D eigenvalue weighted by atomic mass is 9.96. The van der Waals surface area contributed by atoms with Gasteiger partial charge in [-0.2, -0.15) is 35.3 Å². The first-order valence-corrected chi connectivity index (χ1v) is 21.0. The molecule has 8 nitrogen and oxygen atoms in total. The Labute approximate surface area is 326 Å². The Morgan fingerprint density at radius 2 is 0.811 bits per heavy atom. The minimum atomic E-state index is -1.62. The van der Waals surface area contributed by atoms with Crippen LogP contribution in [0.15, 0.2) is 121 Å².